The van der Waals surface area contributed by atoms with Crippen LogP contribution in [0.3, 0.4) is 0 Å². The average molecular weight is 449 g/mol. The molecule has 2 aromatic carbocycles. The Labute approximate surface area is 195 Å². The number of piperazine rings is 1. The number of hydrogen-bond acceptors (Lipinski definition) is 5. The molecule has 3 atom stereocenters. The van der Waals surface area contributed by atoms with Gasteiger partial charge in [0.15, 0.2) is 0 Å². The lowest BCUT2D eigenvalue weighted by atomic mass is 10.0. The van der Waals surface area contributed by atoms with Crippen molar-refractivity contribution >= 4 is 17.5 Å². The van der Waals surface area contributed by atoms with Crippen LogP contribution in [0.4, 0.5) is 5.69 Å². The molecular weight excluding hydrogens is 416 g/mol. The molecule has 33 heavy (non-hydrogen) atoms. The number of fused-ring (bicyclic) bond motifs is 2. The van der Waals surface area contributed by atoms with Gasteiger partial charge in [-0.15, -0.1) is 0 Å². The van der Waals surface area contributed by atoms with Gasteiger partial charge < -0.3 is 20.3 Å². The Morgan fingerprint density at radius 1 is 1.18 bits per heavy atom. The summed E-state index contributed by atoms with van der Waals surface area (Å²) >= 11 is 0. The number of hydrogen-bond donors (Lipinski definition) is 2. The number of carbonyl (C=O) groups excluding carboxylic acids is 2. The molecule has 7 heteroatoms. The number of amides is 2. The van der Waals surface area contributed by atoms with Crippen LogP contribution in [0.15, 0.2) is 48.5 Å². The highest BCUT2D eigenvalue weighted by atomic mass is 16.5. The van der Waals surface area contributed by atoms with E-state index in [1.807, 2.05) is 35.2 Å². The zero-order chi connectivity index (χ0) is 22.8. The van der Waals surface area contributed by atoms with E-state index in [-0.39, 0.29) is 29.9 Å². The van der Waals surface area contributed by atoms with Gasteiger partial charge in [0.2, 0.25) is 11.8 Å². The smallest absolute Gasteiger partial charge is 0.237 e. The highest BCUT2D eigenvalue weighted by Gasteiger charge is 2.43. The SMILES string of the molecule is COc1ccc(CN[C@@H]2C[C@@H]3C(=O)NC[C@@H](CCC(=O)N4CCc5ccccc54)N3C2)cc1. The largest absolute Gasteiger partial charge is 0.497 e. The summed E-state index contributed by atoms with van der Waals surface area (Å²) in [6.45, 7) is 2.97. The second kappa shape index (κ2) is 9.53. The van der Waals surface area contributed by atoms with Gasteiger partial charge in [-0.05, 0) is 48.6 Å². The van der Waals surface area contributed by atoms with Crippen LogP contribution in [0, 0.1) is 0 Å². The number of carbonyl (C=O) groups is 2. The molecule has 3 heterocycles. The maximum Gasteiger partial charge on any atom is 0.237 e. The van der Waals surface area contributed by atoms with Gasteiger partial charge in [-0.3, -0.25) is 14.5 Å². The summed E-state index contributed by atoms with van der Waals surface area (Å²) in [5, 5.41) is 6.69. The second-order valence-electron chi connectivity index (χ2n) is 9.24. The summed E-state index contributed by atoms with van der Waals surface area (Å²) < 4.78 is 5.23. The van der Waals surface area contributed by atoms with E-state index in [0.717, 1.165) is 50.3 Å². The molecule has 174 valence electrons. The Balaban J connectivity index is 1.16. The van der Waals surface area contributed by atoms with Crippen molar-refractivity contribution in [3.05, 3.63) is 59.7 Å². The lowest BCUT2D eigenvalue weighted by Crippen LogP contribution is -2.58. The Hall–Kier alpha value is -2.90. The fourth-order valence-electron chi connectivity index (χ4n) is 5.42. The zero-order valence-electron chi connectivity index (χ0n) is 19.1. The second-order valence-corrected chi connectivity index (χ2v) is 9.24. The first-order valence-corrected chi connectivity index (χ1v) is 11.9. The van der Waals surface area contributed by atoms with Crippen molar-refractivity contribution < 1.29 is 14.3 Å². The Morgan fingerprint density at radius 2 is 2.00 bits per heavy atom. The van der Waals surface area contributed by atoms with Crippen LogP contribution >= 0.6 is 0 Å². The van der Waals surface area contributed by atoms with E-state index >= 15 is 0 Å². The van der Waals surface area contributed by atoms with Crippen LogP contribution in [-0.4, -0.2) is 61.6 Å². The third kappa shape index (κ3) is 4.61. The molecule has 0 aromatic heterocycles. The maximum atomic E-state index is 13.0. The van der Waals surface area contributed by atoms with Crippen LogP contribution < -0.4 is 20.3 Å². The first-order valence-electron chi connectivity index (χ1n) is 11.9. The third-order valence-corrected chi connectivity index (χ3v) is 7.26. The normalized spacial score (nSPS) is 24.3. The number of benzene rings is 2. The minimum Gasteiger partial charge on any atom is -0.497 e. The number of rotatable bonds is 7. The number of para-hydroxylation sites is 1. The number of anilines is 1. The van der Waals surface area contributed by atoms with Gasteiger partial charge in [-0.25, -0.2) is 0 Å². The van der Waals surface area contributed by atoms with E-state index in [1.165, 1.54) is 11.1 Å². The molecule has 0 spiro atoms. The van der Waals surface area contributed by atoms with Crippen molar-refractivity contribution in [2.24, 2.45) is 0 Å². The standard InChI is InChI=1S/C26H32N4O3/c1-33-22-9-6-18(7-10-22)15-27-20-14-24-26(32)28-16-21(30(24)17-20)8-11-25(31)29-13-12-19-4-2-3-5-23(19)29/h2-7,9-10,20-21,24,27H,8,11-17H2,1H3,(H,28,32)/t20-,21-,24-/m1/s1. The summed E-state index contributed by atoms with van der Waals surface area (Å²) in [4.78, 5) is 29.7. The highest BCUT2D eigenvalue weighted by molar-refractivity contribution is 5.95. The molecular formula is C26H32N4O3. The molecule has 3 aliphatic rings. The van der Waals surface area contributed by atoms with Gasteiger partial charge in [0.25, 0.3) is 0 Å². The number of ether oxygens (including phenoxy) is 1. The van der Waals surface area contributed by atoms with Gasteiger partial charge >= 0.3 is 0 Å². The molecule has 3 aliphatic heterocycles. The predicted octanol–water partition coefficient (Wildman–Crippen LogP) is 2.10. The van der Waals surface area contributed by atoms with Crippen molar-refractivity contribution in [3.63, 3.8) is 0 Å². The average Bonchev–Trinajstić information content (AvgIpc) is 3.48. The minimum absolute atomic E-state index is 0.111. The van der Waals surface area contributed by atoms with E-state index in [0.29, 0.717) is 13.0 Å². The molecule has 2 fully saturated rings. The zero-order valence-corrected chi connectivity index (χ0v) is 19.1. The molecule has 0 unspecified atom stereocenters. The van der Waals surface area contributed by atoms with E-state index in [4.69, 9.17) is 4.74 Å². The van der Waals surface area contributed by atoms with Gasteiger partial charge in [-0.2, -0.15) is 0 Å². The summed E-state index contributed by atoms with van der Waals surface area (Å²) in [5.41, 5.74) is 3.50. The van der Waals surface area contributed by atoms with E-state index < -0.39 is 0 Å². The van der Waals surface area contributed by atoms with Crippen molar-refractivity contribution in [1.29, 1.82) is 0 Å². The molecule has 5 rings (SSSR count). The van der Waals surface area contributed by atoms with Crippen LogP contribution in [0.25, 0.3) is 0 Å². The van der Waals surface area contributed by atoms with E-state index in [9.17, 15) is 9.59 Å². The fraction of sp³-hybridized carbons (Fsp3) is 0.462. The van der Waals surface area contributed by atoms with E-state index in [1.54, 1.807) is 7.11 Å². The molecule has 0 aliphatic carbocycles. The third-order valence-electron chi connectivity index (χ3n) is 7.26. The number of methoxy groups -OCH3 is 1. The Morgan fingerprint density at radius 3 is 2.82 bits per heavy atom. The highest BCUT2D eigenvalue weighted by Crippen LogP contribution is 2.30. The van der Waals surface area contributed by atoms with E-state index in [2.05, 4.69) is 33.7 Å². The van der Waals surface area contributed by atoms with Crippen LogP contribution in [0.5, 0.6) is 5.75 Å². The minimum atomic E-state index is -0.111. The molecule has 2 saturated heterocycles. The van der Waals surface area contributed by atoms with Gasteiger partial charge in [0, 0.05) is 50.4 Å². The number of nitrogens with zero attached hydrogens (tertiary/aromatic N) is 2. The quantitative estimate of drug-likeness (QED) is 0.679. The lowest BCUT2D eigenvalue weighted by molar-refractivity contribution is -0.129. The van der Waals surface area contributed by atoms with Crippen LogP contribution in [0.2, 0.25) is 0 Å². The Bertz CT molecular complexity index is 1010. The first kappa shape index (κ1) is 21.9. The Kier molecular flexibility index (Phi) is 6.33. The summed E-state index contributed by atoms with van der Waals surface area (Å²) in [7, 11) is 1.67. The first-order chi connectivity index (χ1) is 16.1. The molecule has 2 N–H and O–H groups in total. The predicted molar refractivity (Wildman–Crippen MR) is 127 cm³/mol. The van der Waals surface area contributed by atoms with Crippen LogP contribution in [-0.2, 0) is 22.6 Å². The topological polar surface area (TPSA) is 73.9 Å². The number of nitrogens with one attached hydrogen (secondary N) is 2. The molecule has 2 amide bonds. The van der Waals surface area contributed by atoms with Crippen LogP contribution in [0.1, 0.15) is 30.4 Å². The van der Waals surface area contributed by atoms with Gasteiger partial charge in [0.05, 0.1) is 13.2 Å². The molecule has 0 bridgehead atoms. The van der Waals surface area contributed by atoms with Crippen molar-refractivity contribution in [2.75, 3.05) is 31.6 Å². The van der Waals surface area contributed by atoms with Crippen molar-refractivity contribution in [2.45, 2.75) is 50.4 Å². The summed E-state index contributed by atoms with van der Waals surface area (Å²) in [5.74, 6) is 1.14. The van der Waals surface area contributed by atoms with Crippen molar-refractivity contribution in [1.82, 2.24) is 15.5 Å². The molecule has 2 aromatic rings. The monoisotopic (exact) mass is 448 g/mol. The van der Waals surface area contributed by atoms with Gasteiger partial charge in [0.1, 0.15) is 5.75 Å². The summed E-state index contributed by atoms with van der Waals surface area (Å²) in [6.07, 6.45) is 2.99. The maximum absolute atomic E-state index is 13.0. The molecule has 0 saturated carbocycles. The van der Waals surface area contributed by atoms with Crippen molar-refractivity contribution in [3.8, 4) is 5.75 Å². The fourth-order valence-corrected chi connectivity index (χ4v) is 5.42. The molecule has 0 radical (unpaired) electrons. The molecule has 7 nitrogen and oxygen atoms in total. The lowest BCUT2D eigenvalue weighted by Gasteiger charge is -2.37. The summed E-state index contributed by atoms with van der Waals surface area (Å²) in [6, 6.07) is 16.6. The van der Waals surface area contributed by atoms with Gasteiger partial charge in [-0.1, -0.05) is 30.3 Å².